The molecule has 0 saturated carbocycles. The van der Waals surface area contributed by atoms with Crippen LogP contribution in [0.2, 0.25) is 0 Å². The summed E-state index contributed by atoms with van der Waals surface area (Å²) in [6.07, 6.45) is 0. The van der Waals surface area contributed by atoms with Crippen molar-refractivity contribution in [2.75, 3.05) is 0 Å². The summed E-state index contributed by atoms with van der Waals surface area (Å²) in [6, 6.07) is 157. The van der Waals surface area contributed by atoms with Crippen LogP contribution in [0.1, 0.15) is 0 Å². The molecule has 12 heteroatoms. The molecular formula is C120H72N10S2. The van der Waals surface area contributed by atoms with Crippen molar-refractivity contribution in [2.24, 2.45) is 0 Å². The first-order valence-corrected chi connectivity index (χ1v) is 46.2. The number of aromatic nitrogens is 10. The molecule has 20 aromatic carbocycles. The molecular weight excluding hydrogens is 1650 g/mol. The number of thiophene rings is 2. The second-order valence-electron chi connectivity index (χ2n) is 33.9. The van der Waals surface area contributed by atoms with Crippen LogP contribution in [0, 0.1) is 0 Å². The van der Waals surface area contributed by atoms with Crippen molar-refractivity contribution < 1.29 is 0 Å². The fourth-order valence-electron chi connectivity index (χ4n) is 20.5. The lowest BCUT2D eigenvalue weighted by molar-refractivity contribution is 1.07. The highest BCUT2D eigenvalue weighted by atomic mass is 32.1. The van der Waals surface area contributed by atoms with Gasteiger partial charge in [0, 0.05) is 140 Å². The van der Waals surface area contributed by atoms with Crippen molar-refractivity contribution >= 4 is 183 Å². The molecule has 8 heterocycles. The quantitative estimate of drug-likeness (QED) is 0.120. The van der Waals surface area contributed by atoms with E-state index in [0.717, 1.165) is 83.7 Å². The molecule has 0 bridgehead atoms. The molecule has 8 aromatic heterocycles. The molecule has 0 aliphatic heterocycles. The van der Waals surface area contributed by atoms with Crippen molar-refractivity contribution in [3.8, 4) is 102 Å². The number of rotatable bonds is 11. The van der Waals surface area contributed by atoms with Crippen molar-refractivity contribution in [2.45, 2.75) is 0 Å². The molecule has 0 amide bonds. The Morgan fingerprint density at radius 1 is 0.144 bits per heavy atom. The molecule has 0 radical (unpaired) electrons. The van der Waals surface area contributed by atoms with Gasteiger partial charge in [0.15, 0.2) is 34.9 Å². The highest BCUT2D eigenvalue weighted by molar-refractivity contribution is 7.27. The normalized spacial score (nSPS) is 11.9. The lowest BCUT2D eigenvalue weighted by atomic mass is 9.93. The number of para-hydroxylation sites is 4. The smallest absolute Gasteiger partial charge is 0.164 e. The number of hydrogen-bond acceptors (Lipinski definition) is 8. The Balaban J connectivity index is 0.000000136. The molecule has 0 spiro atoms. The van der Waals surface area contributed by atoms with Crippen LogP contribution >= 0.6 is 22.7 Å². The standard InChI is InChI=1S/C63H37N5S.C57H35N5S/c1-3-15-38(16-4-1)61-64-62(39-17-5-2-6-18-39)66-63(65-61)40-27-30-45-43-19-7-8-20-44(43)46-31-28-41(36-52(46)51(45)35-40)67-54-24-12-9-21-47(54)53-37-42(29-33-56(53)67)68-55-25-13-10-23-50(55)59-57(68)34-32-49-48-22-11-14-26-58(48)69-60(49)59;1-3-13-38(14-4-1)55-58-56(39-15-5-2-6-16-39)60-57(59-55)40-25-23-36(24-26-40)37-27-29-41(30-28-37)61-48-20-10-7-17-43(48)47-35-42(31-33-50(47)61)62-49-21-11-8-19-46(49)53-51(62)34-32-45-44-18-9-12-22-52(44)63-54(45)53/h1-37H;1-35H. The summed E-state index contributed by atoms with van der Waals surface area (Å²) in [6.45, 7) is 0. The second kappa shape index (κ2) is 30.3. The summed E-state index contributed by atoms with van der Waals surface area (Å²) in [7, 11) is 0. The summed E-state index contributed by atoms with van der Waals surface area (Å²) in [4.78, 5) is 30.0. The fourth-order valence-corrected chi connectivity index (χ4v) is 23.0. The van der Waals surface area contributed by atoms with E-state index in [0.29, 0.717) is 34.9 Å². The zero-order chi connectivity index (χ0) is 86.6. The summed E-state index contributed by atoms with van der Waals surface area (Å²) >= 11 is 3.79. The van der Waals surface area contributed by atoms with Crippen LogP contribution in [0.3, 0.4) is 0 Å². The van der Waals surface area contributed by atoms with Gasteiger partial charge in [-0.1, -0.05) is 322 Å². The van der Waals surface area contributed by atoms with Gasteiger partial charge < -0.3 is 18.3 Å². The van der Waals surface area contributed by atoms with Crippen molar-refractivity contribution in [1.29, 1.82) is 0 Å². The Morgan fingerprint density at radius 2 is 0.394 bits per heavy atom. The van der Waals surface area contributed by atoms with Crippen molar-refractivity contribution in [3.63, 3.8) is 0 Å². The molecule has 132 heavy (non-hydrogen) atoms. The van der Waals surface area contributed by atoms with Crippen LogP contribution < -0.4 is 0 Å². The van der Waals surface area contributed by atoms with Gasteiger partial charge in [-0.25, -0.2) is 29.9 Å². The first-order valence-electron chi connectivity index (χ1n) is 44.5. The van der Waals surface area contributed by atoms with Gasteiger partial charge in [-0.15, -0.1) is 22.7 Å². The van der Waals surface area contributed by atoms with E-state index in [1.54, 1.807) is 0 Å². The van der Waals surface area contributed by atoms with Gasteiger partial charge in [0.2, 0.25) is 0 Å². The third kappa shape index (κ3) is 12.1. The molecule has 0 fully saturated rings. The first kappa shape index (κ1) is 75.0. The van der Waals surface area contributed by atoms with Crippen LogP contribution in [0.4, 0.5) is 0 Å². The lowest BCUT2D eigenvalue weighted by Gasteiger charge is -2.15. The van der Waals surface area contributed by atoms with Gasteiger partial charge in [-0.05, 0) is 159 Å². The Morgan fingerprint density at radius 3 is 0.818 bits per heavy atom. The third-order valence-electron chi connectivity index (χ3n) is 26.5. The molecule has 28 aromatic rings. The van der Waals surface area contributed by atoms with Gasteiger partial charge in [-0.2, -0.15) is 0 Å². The summed E-state index contributed by atoms with van der Waals surface area (Å²) in [5, 5.41) is 22.5. The molecule has 0 saturated heterocycles. The number of benzene rings is 20. The van der Waals surface area contributed by atoms with E-state index in [1.807, 2.05) is 120 Å². The SMILES string of the molecule is c1ccc(-c2nc(-c3ccccc3)nc(-c3ccc(-c4ccc(-n5c6ccccc6c6cc(-n7c8ccccc8c8c9sc%10ccccc%10c9ccc87)ccc65)cc4)cc3)n2)cc1.c1ccc(-c2nc(-c3ccccc3)nc(-c3ccc4c5ccccc5c5ccc(-n6c7ccccc7c7cc(-n8c9ccccc9c9c%10sc%11ccccc%11c%10ccc98)ccc76)cc5c4c3)n2)cc1. The molecule has 0 atom stereocenters. The van der Waals surface area contributed by atoms with Crippen LogP contribution in [0.25, 0.3) is 262 Å². The van der Waals surface area contributed by atoms with Gasteiger partial charge in [0.25, 0.3) is 0 Å². The Kier molecular flexibility index (Phi) is 17.2. The van der Waals surface area contributed by atoms with E-state index >= 15 is 0 Å². The minimum Gasteiger partial charge on any atom is -0.309 e. The Bertz CT molecular complexity index is 9470. The maximum atomic E-state index is 5.13. The summed E-state index contributed by atoms with van der Waals surface area (Å²) in [5.41, 5.74) is 22.0. The van der Waals surface area contributed by atoms with E-state index in [2.05, 4.69) is 358 Å². The summed E-state index contributed by atoms with van der Waals surface area (Å²) in [5.74, 6) is 3.88. The number of hydrogen-bond donors (Lipinski definition) is 0. The highest BCUT2D eigenvalue weighted by Crippen LogP contribution is 2.49. The minimum atomic E-state index is 0.636. The molecule has 0 aliphatic rings. The maximum Gasteiger partial charge on any atom is 0.164 e. The predicted octanol–water partition coefficient (Wildman–Crippen LogP) is 32.0. The Hall–Kier alpha value is -17.2. The zero-order valence-corrected chi connectivity index (χ0v) is 72.5. The average Bonchev–Trinajstić information content (AvgIpc) is 1.53. The summed E-state index contributed by atoms with van der Waals surface area (Å²) < 4.78 is 15.1. The van der Waals surface area contributed by atoms with Gasteiger partial charge in [0.05, 0.1) is 44.1 Å². The molecule has 0 N–H and O–H groups in total. The zero-order valence-electron chi connectivity index (χ0n) is 70.9. The largest absolute Gasteiger partial charge is 0.309 e. The topological polar surface area (TPSA) is 97.1 Å². The van der Waals surface area contributed by atoms with Crippen LogP contribution in [0.15, 0.2) is 437 Å². The molecule has 10 nitrogen and oxygen atoms in total. The third-order valence-corrected chi connectivity index (χ3v) is 28.9. The molecule has 0 unspecified atom stereocenters. The van der Waals surface area contributed by atoms with Crippen LogP contribution in [-0.2, 0) is 0 Å². The maximum absolute atomic E-state index is 5.13. The van der Waals surface area contributed by atoms with Crippen LogP contribution in [-0.4, -0.2) is 48.2 Å². The monoisotopic (exact) mass is 1720 g/mol. The van der Waals surface area contributed by atoms with E-state index < -0.39 is 0 Å². The van der Waals surface area contributed by atoms with Crippen molar-refractivity contribution in [3.05, 3.63) is 437 Å². The number of nitrogens with zero attached hydrogens (tertiary/aromatic N) is 10. The Labute approximate surface area is 764 Å². The average molecular weight is 1720 g/mol. The lowest BCUT2D eigenvalue weighted by Crippen LogP contribution is -2.00. The fraction of sp³-hybridized carbons (Fsp3) is 0. The second-order valence-corrected chi connectivity index (χ2v) is 36.0. The number of fused-ring (bicyclic) bond motifs is 26. The molecule has 28 rings (SSSR count). The highest BCUT2D eigenvalue weighted by Gasteiger charge is 2.25. The van der Waals surface area contributed by atoms with E-state index in [9.17, 15) is 0 Å². The van der Waals surface area contributed by atoms with E-state index in [-0.39, 0.29) is 0 Å². The predicted molar refractivity (Wildman–Crippen MR) is 553 cm³/mol. The van der Waals surface area contributed by atoms with Crippen LogP contribution in [0.5, 0.6) is 0 Å². The van der Waals surface area contributed by atoms with Gasteiger partial charge in [0.1, 0.15) is 0 Å². The van der Waals surface area contributed by atoms with Crippen molar-refractivity contribution in [1.82, 2.24) is 48.2 Å². The van der Waals surface area contributed by atoms with Gasteiger partial charge in [-0.3, -0.25) is 0 Å². The first-order chi connectivity index (χ1) is 65.4. The molecule has 614 valence electrons. The minimum absolute atomic E-state index is 0.636. The van der Waals surface area contributed by atoms with Gasteiger partial charge >= 0.3 is 0 Å². The molecule has 0 aliphatic carbocycles. The van der Waals surface area contributed by atoms with E-state index in [4.69, 9.17) is 29.9 Å². The van der Waals surface area contributed by atoms with E-state index in [1.165, 1.54) is 143 Å².